The quantitative estimate of drug-likeness (QED) is 0.769. The topological polar surface area (TPSA) is 44.9 Å². The molecule has 0 saturated heterocycles. The Morgan fingerprint density at radius 2 is 2.15 bits per heavy atom. The number of benzene rings is 1. The van der Waals surface area contributed by atoms with E-state index in [1.165, 1.54) is 25.0 Å². The van der Waals surface area contributed by atoms with E-state index in [9.17, 15) is 9.18 Å². The predicted molar refractivity (Wildman–Crippen MR) is 79.3 cm³/mol. The zero-order valence-electron chi connectivity index (χ0n) is 12.0. The number of hydrogen-bond acceptors (Lipinski definition) is 1. The van der Waals surface area contributed by atoms with Gasteiger partial charge in [0.25, 0.3) is 5.91 Å². The summed E-state index contributed by atoms with van der Waals surface area (Å²) in [7, 11) is 0. The van der Waals surface area contributed by atoms with Crippen molar-refractivity contribution in [3.05, 3.63) is 35.8 Å². The van der Waals surface area contributed by atoms with Crippen LogP contribution in [0.2, 0.25) is 0 Å². The third-order valence-corrected chi connectivity index (χ3v) is 3.45. The smallest absolute Gasteiger partial charge is 0.267 e. The molecule has 1 aromatic carbocycles. The van der Waals surface area contributed by atoms with Crippen molar-refractivity contribution in [2.24, 2.45) is 0 Å². The van der Waals surface area contributed by atoms with Crippen LogP contribution in [0.25, 0.3) is 10.9 Å². The van der Waals surface area contributed by atoms with E-state index in [1.54, 1.807) is 12.1 Å². The number of carbonyl (C=O) groups excluding carboxylic acids is 1. The molecule has 0 aliphatic carbocycles. The molecule has 1 aromatic heterocycles. The lowest BCUT2D eigenvalue weighted by molar-refractivity contribution is 0.0933. The first-order chi connectivity index (χ1) is 9.60. The third-order valence-electron chi connectivity index (χ3n) is 3.45. The fraction of sp³-hybridized carbons (Fsp3) is 0.438. The second kappa shape index (κ2) is 6.55. The summed E-state index contributed by atoms with van der Waals surface area (Å²) in [5.74, 6) is -0.429. The Morgan fingerprint density at radius 1 is 1.35 bits per heavy atom. The molecule has 1 heterocycles. The summed E-state index contributed by atoms with van der Waals surface area (Å²) in [5.41, 5.74) is 1.25. The van der Waals surface area contributed by atoms with E-state index >= 15 is 0 Å². The average Bonchev–Trinajstić information content (AvgIpc) is 2.82. The minimum absolute atomic E-state index is 0.134. The number of carbonyl (C=O) groups is 1. The van der Waals surface area contributed by atoms with Crippen LogP contribution in [0.1, 0.15) is 50.0 Å². The summed E-state index contributed by atoms with van der Waals surface area (Å²) < 4.78 is 13.1. The van der Waals surface area contributed by atoms with Crippen LogP contribution in [-0.4, -0.2) is 16.9 Å². The van der Waals surface area contributed by atoms with Crippen LogP contribution in [0.15, 0.2) is 24.3 Å². The van der Waals surface area contributed by atoms with Gasteiger partial charge in [0.1, 0.15) is 11.5 Å². The van der Waals surface area contributed by atoms with Crippen LogP contribution in [0.3, 0.4) is 0 Å². The number of aromatic amines is 1. The van der Waals surface area contributed by atoms with E-state index < -0.39 is 0 Å². The molecule has 108 valence electrons. The molecule has 0 aliphatic rings. The fourth-order valence-corrected chi connectivity index (χ4v) is 2.30. The number of rotatable bonds is 6. The summed E-state index contributed by atoms with van der Waals surface area (Å²) in [6, 6.07) is 6.29. The lowest BCUT2D eigenvalue weighted by atomic mass is 10.1. The Bertz CT molecular complexity index is 591. The van der Waals surface area contributed by atoms with E-state index in [4.69, 9.17) is 0 Å². The van der Waals surface area contributed by atoms with E-state index in [0.717, 1.165) is 18.4 Å². The Balaban J connectivity index is 2.00. The maximum Gasteiger partial charge on any atom is 0.267 e. The third kappa shape index (κ3) is 3.59. The van der Waals surface area contributed by atoms with Crippen molar-refractivity contribution in [3.8, 4) is 0 Å². The summed E-state index contributed by atoms with van der Waals surface area (Å²) in [5, 5.41) is 3.68. The highest BCUT2D eigenvalue weighted by molar-refractivity contribution is 5.98. The molecule has 2 aromatic rings. The van der Waals surface area contributed by atoms with Gasteiger partial charge in [-0.15, -0.1) is 0 Å². The van der Waals surface area contributed by atoms with Crippen molar-refractivity contribution < 1.29 is 9.18 Å². The number of fused-ring (bicyclic) bond motifs is 1. The van der Waals surface area contributed by atoms with Gasteiger partial charge in [-0.3, -0.25) is 4.79 Å². The maximum absolute atomic E-state index is 13.1. The van der Waals surface area contributed by atoms with E-state index in [2.05, 4.69) is 17.2 Å². The number of hydrogen-bond donors (Lipinski definition) is 2. The molecular formula is C16H21FN2O. The van der Waals surface area contributed by atoms with Crippen LogP contribution in [0, 0.1) is 5.82 Å². The van der Waals surface area contributed by atoms with Gasteiger partial charge < -0.3 is 10.3 Å². The SMILES string of the molecule is CCCCCC(C)NC(=O)c1cc2cc(F)ccc2[nH]1. The minimum Gasteiger partial charge on any atom is -0.351 e. The fourth-order valence-electron chi connectivity index (χ4n) is 2.30. The zero-order valence-corrected chi connectivity index (χ0v) is 12.0. The highest BCUT2D eigenvalue weighted by Crippen LogP contribution is 2.16. The minimum atomic E-state index is -0.295. The molecule has 20 heavy (non-hydrogen) atoms. The molecule has 0 aliphatic heterocycles. The van der Waals surface area contributed by atoms with Crippen LogP contribution < -0.4 is 5.32 Å². The molecular weight excluding hydrogens is 255 g/mol. The number of H-pyrrole nitrogens is 1. The van der Waals surface area contributed by atoms with Crippen LogP contribution in [0.4, 0.5) is 4.39 Å². The summed E-state index contributed by atoms with van der Waals surface area (Å²) in [4.78, 5) is 15.1. The second-order valence-electron chi connectivity index (χ2n) is 5.28. The molecule has 2 N–H and O–H groups in total. The van der Waals surface area contributed by atoms with Gasteiger partial charge in [-0.25, -0.2) is 4.39 Å². The Labute approximate surface area is 118 Å². The van der Waals surface area contributed by atoms with Gasteiger partial charge in [0.05, 0.1) is 0 Å². The van der Waals surface area contributed by atoms with Crippen molar-refractivity contribution in [1.82, 2.24) is 10.3 Å². The van der Waals surface area contributed by atoms with Gasteiger partial charge in [0.15, 0.2) is 0 Å². The molecule has 0 saturated carbocycles. The lowest BCUT2D eigenvalue weighted by Gasteiger charge is -2.12. The van der Waals surface area contributed by atoms with Crippen molar-refractivity contribution in [2.75, 3.05) is 0 Å². The van der Waals surface area contributed by atoms with Gasteiger partial charge in [0, 0.05) is 16.9 Å². The molecule has 0 bridgehead atoms. The molecule has 1 amide bonds. The molecule has 0 spiro atoms. The largest absolute Gasteiger partial charge is 0.351 e. The van der Waals surface area contributed by atoms with Gasteiger partial charge in [-0.05, 0) is 37.6 Å². The van der Waals surface area contributed by atoms with Crippen LogP contribution >= 0.6 is 0 Å². The number of halogens is 1. The number of aromatic nitrogens is 1. The average molecular weight is 276 g/mol. The predicted octanol–water partition coefficient (Wildman–Crippen LogP) is 4.01. The van der Waals surface area contributed by atoms with Gasteiger partial charge in [-0.1, -0.05) is 26.2 Å². The maximum atomic E-state index is 13.1. The highest BCUT2D eigenvalue weighted by atomic mass is 19.1. The highest BCUT2D eigenvalue weighted by Gasteiger charge is 2.12. The first-order valence-electron chi connectivity index (χ1n) is 7.19. The summed E-state index contributed by atoms with van der Waals surface area (Å²) in [6.45, 7) is 4.17. The Morgan fingerprint density at radius 3 is 2.90 bits per heavy atom. The molecule has 2 rings (SSSR count). The molecule has 0 radical (unpaired) electrons. The number of unbranched alkanes of at least 4 members (excludes halogenated alkanes) is 2. The molecule has 1 unspecified atom stereocenters. The summed E-state index contributed by atoms with van der Waals surface area (Å²) >= 11 is 0. The van der Waals surface area contributed by atoms with Crippen molar-refractivity contribution in [1.29, 1.82) is 0 Å². The standard InChI is InChI=1S/C16H21FN2O/c1-3-4-5-6-11(2)18-16(20)15-10-12-9-13(17)7-8-14(12)19-15/h7-11,19H,3-6H2,1-2H3,(H,18,20). The Hall–Kier alpha value is -1.84. The van der Waals surface area contributed by atoms with Gasteiger partial charge in [0.2, 0.25) is 0 Å². The van der Waals surface area contributed by atoms with E-state index in [0.29, 0.717) is 11.1 Å². The van der Waals surface area contributed by atoms with Crippen LogP contribution in [0.5, 0.6) is 0 Å². The molecule has 1 atom stereocenters. The molecule has 3 nitrogen and oxygen atoms in total. The van der Waals surface area contributed by atoms with Crippen LogP contribution in [-0.2, 0) is 0 Å². The lowest BCUT2D eigenvalue weighted by Crippen LogP contribution is -2.32. The van der Waals surface area contributed by atoms with E-state index in [1.807, 2.05) is 6.92 Å². The van der Waals surface area contributed by atoms with Crippen molar-refractivity contribution >= 4 is 16.8 Å². The number of nitrogens with one attached hydrogen (secondary N) is 2. The molecule has 0 fully saturated rings. The van der Waals surface area contributed by atoms with Crippen molar-refractivity contribution in [3.63, 3.8) is 0 Å². The first-order valence-corrected chi connectivity index (χ1v) is 7.19. The normalized spacial score (nSPS) is 12.6. The first kappa shape index (κ1) is 14.6. The van der Waals surface area contributed by atoms with Crippen molar-refractivity contribution in [2.45, 2.75) is 45.6 Å². The second-order valence-corrected chi connectivity index (χ2v) is 5.28. The van der Waals surface area contributed by atoms with E-state index in [-0.39, 0.29) is 17.8 Å². The zero-order chi connectivity index (χ0) is 14.5. The molecule has 4 heteroatoms. The number of amides is 1. The van der Waals surface area contributed by atoms with Gasteiger partial charge in [-0.2, -0.15) is 0 Å². The monoisotopic (exact) mass is 276 g/mol. The Kier molecular flexibility index (Phi) is 4.77. The van der Waals surface area contributed by atoms with Gasteiger partial charge >= 0.3 is 0 Å². The summed E-state index contributed by atoms with van der Waals surface area (Å²) in [6.07, 6.45) is 4.46.